The zero-order valence-corrected chi connectivity index (χ0v) is 13.2. The predicted octanol–water partition coefficient (Wildman–Crippen LogP) is 2.79. The molecule has 4 nitrogen and oxygen atoms in total. The van der Waals surface area contributed by atoms with Gasteiger partial charge in [-0.25, -0.2) is 4.98 Å². The maximum Gasteiger partial charge on any atom is 0.119 e. The molecule has 0 saturated carbocycles. The molecule has 2 aromatic rings. The highest BCUT2D eigenvalue weighted by atomic mass is 16.5. The highest BCUT2D eigenvalue weighted by Crippen LogP contribution is 2.12. The Morgan fingerprint density at radius 3 is 2.62 bits per heavy atom. The first-order chi connectivity index (χ1) is 10.1. The Hall–Kier alpha value is -1.81. The Morgan fingerprint density at radius 1 is 1.24 bits per heavy atom. The van der Waals surface area contributed by atoms with Gasteiger partial charge in [0, 0.05) is 32.4 Å². The van der Waals surface area contributed by atoms with Crippen molar-refractivity contribution in [2.45, 2.75) is 26.8 Å². The Bertz CT molecular complexity index is 531. The number of nitrogens with one attached hydrogen (secondary N) is 1. The van der Waals surface area contributed by atoms with E-state index < -0.39 is 0 Å². The lowest BCUT2D eigenvalue weighted by Crippen LogP contribution is -2.18. The zero-order chi connectivity index (χ0) is 15.1. The molecule has 0 unspecified atom stereocenters. The molecular weight excluding hydrogens is 262 g/mol. The smallest absolute Gasteiger partial charge is 0.119 e. The Morgan fingerprint density at radius 2 is 2.00 bits per heavy atom. The molecule has 0 aliphatic carbocycles. The second-order valence-corrected chi connectivity index (χ2v) is 5.72. The lowest BCUT2D eigenvalue weighted by Gasteiger charge is -2.09. The van der Waals surface area contributed by atoms with Gasteiger partial charge < -0.3 is 14.6 Å². The van der Waals surface area contributed by atoms with Crippen LogP contribution in [-0.2, 0) is 20.0 Å². The van der Waals surface area contributed by atoms with Gasteiger partial charge in [0.25, 0.3) is 0 Å². The van der Waals surface area contributed by atoms with E-state index in [2.05, 4.69) is 36.3 Å². The van der Waals surface area contributed by atoms with E-state index in [1.54, 1.807) is 0 Å². The molecule has 0 bridgehead atoms. The predicted molar refractivity (Wildman–Crippen MR) is 85.4 cm³/mol. The molecule has 1 aromatic heterocycles. The molecule has 0 aliphatic rings. The molecule has 0 spiro atoms. The molecule has 1 heterocycles. The van der Waals surface area contributed by atoms with Crippen LogP contribution in [0.25, 0.3) is 0 Å². The normalized spacial score (nSPS) is 11.0. The molecule has 0 saturated heterocycles. The van der Waals surface area contributed by atoms with Crippen LogP contribution < -0.4 is 10.1 Å². The second kappa shape index (κ2) is 7.84. The van der Waals surface area contributed by atoms with Crippen LogP contribution in [0.1, 0.15) is 25.2 Å². The van der Waals surface area contributed by atoms with Crippen LogP contribution in [0.5, 0.6) is 5.75 Å². The van der Waals surface area contributed by atoms with Crippen molar-refractivity contribution in [2.75, 3.05) is 13.2 Å². The summed E-state index contributed by atoms with van der Waals surface area (Å²) in [6, 6.07) is 8.29. The van der Waals surface area contributed by atoms with E-state index in [1.165, 1.54) is 5.56 Å². The van der Waals surface area contributed by atoms with Crippen molar-refractivity contribution in [3.05, 3.63) is 48.0 Å². The summed E-state index contributed by atoms with van der Waals surface area (Å²) in [6.45, 7) is 7.03. The van der Waals surface area contributed by atoms with Crippen LogP contribution in [0.15, 0.2) is 36.7 Å². The molecule has 0 aliphatic heterocycles. The topological polar surface area (TPSA) is 39.1 Å². The molecule has 0 amide bonds. The van der Waals surface area contributed by atoms with E-state index >= 15 is 0 Å². The van der Waals surface area contributed by atoms with Crippen molar-refractivity contribution in [3.8, 4) is 5.75 Å². The summed E-state index contributed by atoms with van der Waals surface area (Å²) in [7, 11) is 2.00. The number of benzene rings is 1. The summed E-state index contributed by atoms with van der Waals surface area (Å²) in [4.78, 5) is 4.28. The molecule has 1 aromatic carbocycles. The minimum Gasteiger partial charge on any atom is -0.493 e. The van der Waals surface area contributed by atoms with Crippen molar-refractivity contribution < 1.29 is 4.74 Å². The van der Waals surface area contributed by atoms with Gasteiger partial charge in [0.05, 0.1) is 6.61 Å². The van der Waals surface area contributed by atoms with Gasteiger partial charge in [-0.15, -0.1) is 0 Å². The lowest BCUT2D eigenvalue weighted by atomic mass is 10.2. The second-order valence-electron chi connectivity index (χ2n) is 5.72. The highest BCUT2D eigenvalue weighted by molar-refractivity contribution is 5.27. The molecule has 0 radical (unpaired) electrons. The SMILES string of the molecule is CC(C)CNCc1ccc(OCCc2nccn2C)cc1. The summed E-state index contributed by atoms with van der Waals surface area (Å²) in [6.07, 6.45) is 4.59. The first-order valence-electron chi connectivity index (χ1n) is 7.54. The number of hydrogen-bond donors (Lipinski definition) is 1. The van der Waals surface area contributed by atoms with Gasteiger partial charge in [-0.05, 0) is 30.2 Å². The van der Waals surface area contributed by atoms with Gasteiger partial charge in [-0.1, -0.05) is 26.0 Å². The summed E-state index contributed by atoms with van der Waals surface area (Å²) in [5.41, 5.74) is 1.28. The fourth-order valence-electron chi connectivity index (χ4n) is 2.11. The molecule has 21 heavy (non-hydrogen) atoms. The highest BCUT2D eigenvalue weighted by Gasteiger charge is 2.01. The van der Waals surface area contributed by atoms with Crippen LogP contribution in [0, 0.1) is 5.92 Å². The summed E-state index contributed by atoms with van der Waals surface area (Å²) >= 11 is 0. The number of aromatic nitrogens is 2. The van der Waals surface area contributed by atoms with Crippen molar-refractivity contribution in [1.82, 2.24) is 14.9 Å². The third kappa shape index (κ3) is 5.23. The third-order valence-corrected chi connectivity index (χ3v) is 3.32. The molecule has 2 rings (SSSR count). The summed E-state index contributed by atoms with van der Waals surface area (Å²) < 4.78 is 7.78. The average Bonchev–Trinajstić information content (AvgIpc) is 2.86. The maximum absolute atomic E-state index is 5.76. The number of imidazole rings is 1. The monoisotopic (exact) mass is 287 g/mol. The maximum atomic E-state index is 5.76. The van der Waals surface area contributed by atoms with E-state index in [-0.39, 0.29) is 0 Å². The number of hydrogen-bond acceptors (Lipinski definition) is 3. The van der Waals surface area contributed by atoms with Crippen LogP contribution in [-0.4, -0.2) is 22.7 Å². The summed E-state index contributed by atoms with van der Waals surface area (Å²) in [5.74, 6) is 2.64. The van der Waals surface area contributed by atoms with E-state index in [0.717, 1.165) is 31.1 Å². The molecule has 114 valence electrons. The number of rotatable bonds is 8. The van der Waals surface area contributed by atoms with E-state index in [9.17, 15) is 0 Å². The van der Waals surface area contributed by atoms with Crippen LogP contribution in [0.3, 0.4) is 0 Å². The van der Waals surface area contributed by atoms with Crippen LogP contribution in [0.4, 0.5) is 0 Å². The minimum atomic E-state index is 0.649. The largest absolute Gasteiger partial charge is 0.493 e. The van der Waals surface area contributed by atoms with E-state index in [0.29, 0.717) is 12.5 Å². The third-order valence-electron chi connectivity index (χ3n) is 3.32. The fraction of sp³-hybridized carbons (Fsp3) is 0.471. The first-order valence-corrected chi connectivity index (χ1v) is 7.54. The van der Waals surface area contributed by atoms with Gasteiger partial charge in [0.15, 0.2) is 0 Å². The fourth-order valence-corrected chi connectivity index (χ4v) is 2.11. The van der Waals surface area contributed by atoms with Crippen molar-refractivity contribution in [2.24, 2.45) is 13.0 Å². The number of aryl methyl sites for hydroxylation is 1. The molecule has 4 heteroatoms. The van der Waals surface area contributed by atoms with Gasteiger partial charge in [-0.3, -0.25) is 0 Å². The molecule has 1 N–H and O–H groups in total. The summed E-state index contributed by atoms with van der Waals surface area (Å²) in [5, 5.41) is 3.44. The van der Waals surface area contributed by atoms with Gasteiger partial charge in [0.2, 0.25) is 0 Å². The molecular formula is C17H25N3O. The van der Waals surface area contributed by atoms with Crippen molar-refractivity contribution in [3.63, 3.8) is 0 Å². The Kier molecular flexibility index (Phi) is 5.81. The standard InChI is InChI=1S/C17H25N3O/c1-14(2)12-18-13-15-4-6-16(7-5-15)21-11-8-17-19-9-10-20(17)3/h4-7,9-10,14,18H,8,11-13H2,1-3H3. The zero-order valence-electron chi connectivity index (χ0n) is 13.2. The van der Waals surface area contributed by atoms with Crippen molar-refractivity contribution >= 4 is 0 Å². The number of nitrogens with zero attached hydrogens (tertiary/aromatic N) is 2. The first kappa shape index (κ1) is 15.6. The van der Waals surface area contributed by atoms with Gasteiger partial charge >= 0.3 is 0 Å². The average molecular weight is 287 g/mol. The Labute approximate surface area is 127 Å². The van der Waals surface area contributed by atoms with E-state index in [1.807, 2.05) is 36.1 Å². The quantitative estimate of drug-likeness (QED) is 0.811. The van der Waals surface area contributed by atoms with E-state index in [4.69, 9.17) is 4.74 Å². The van der Waals surface area contributed by atoms with Gasteiger partial charge in [-0.2, -0.15) is 0 Å². The molecule has 0 atom stereocenters. The van der Waals surface area contributed by atoms with Crippen LogP contribution >= 0.6 is 0 Å². The molecule has 0 fully saturated rings. The lowest BCUT2D eigenvalue weighted by molar-refractivity contribution is 0.317. The Balaban J connectivity index is 1.73. The van der Waals surface area contributed by atoms with Crippen LogP contribution in [0.2, 0.25) is 0 Å². The minimum absolute atomic E-state index is 0.649. The van der Waals surface area contributed by atoms with Gasteiger partial charge in [0.1, 0.15) is 11.6 Å². The number of ether oxygens (including phenoxy) is 1. The van der Waals surface area contributed by atoms with Crippen molar-refractivity contribution in [1.29, 1.82) is 0 Å².